The number of carboxylic acid groups (broad SMARTS) is 1. The van der Waals surface area contributed by atoms with Crippen molar-refractivity contribution in [3.63, 3.8) is 0 Å². The van der Waals surface area contributed by atoms with Crippen LogP contribution in [0.5, 0.6) is 0 Å². The van der Waals surface area contributed by atoms with Crippen molar-refractivity contribution in [1.82, 2.24) is 14.8 Å². The molecule has 0 unspecified atom stereocenters. The summed E-state index contributed by atoms with van der Waals surface area (Å²) in [6, 6.07) is 0.282. The smallest absolute Gasteiger partial charge is 0.417 e. The van der Waals surface area contributed by atoms with Gasteiger partial charge in [-0.15, -0.1) is 0 Å². The van der Waals surface area contributed by atoms with Crippen molar-refractivity contribution in [1.29, 1.82) is 0 Å². The van der Waals surface area contributed by atoms with Crippen LogP contribution in [-0.2, 0) is 6.18 Å². The minimum Gasteiger partial charge on any atom is -0.478 e. The Morgan fingerprint density at radius 2 is 2.00 bits per heavy atom. The van der Waals surface area contributed by atoms with Crippen molar-refractivity contribution >= 4 is 5.97 Å². The van der Waals surface area contributed by atoms with E-state index in [1.807, 2.05) is 0 Å². The lowest BCUT2D eigenvalue weighted by molar-refractivity contribution is -0.138. The van der Waals surface area contributed by atoms with Gasteiger partial charge in [0.2, 0.25) is 0 Å². The number of hydrogen-bond acceptors (Lipinski definition) is 3. The Morgan fingerprint density at radius 3 is 2.45 bits per heavy atom. The van der Waals surface area contributed by atoms with Crippen LogP contribution >= 0.6 is 0 Å². The molecule has 0 aliphatic heterocycles. The van der Waals surface area contributed by atoms with Gasteiger partial charge in [-0.1, -0.05) is 0 Å². The fourth-order valence-electron chi connectivity index (χ4n) is 1.57. The second-order valence-corrected chi connectivity index (χ2v) is 3.89. The standard InChI is InChI=1S/C11H7F4N3O2/c1-5-7(10(19)20)4-17-18(5)9-8(12)2-6(3-16-9)11(13,14)15/h2-4H,1H3,(H,19,20). The Hall–Kier alpha value is -2.45. The molecule has 2 heterocycles. The van der Waals surface area contributed by atoms with Crippen LogP contribution in [0.4, 0.5) is 17.6 Å². The second-order valence-electron chi connectivity index (χ2n) is 3.89. The first-order valence-electron chi connectivity index (χ1n) is 5.23. The number of nitrogens with zero attached hydrogens (tertiary/aromatic N) is 3. The van der Waals surface area contributed by atoms with Crippen molar-refractivity contribution < 1.29 is 27.5 Å². The molecule has 20 heavy (non-hydrogen) atoms. The maximum absolute atomic E-state index is 13.7. The largest absolute Gasteiger partial charge is 0.478 e. The van der Waals surface area contributed by atoms with Crippen molar-refractivity contribution in [3.8, 4) is 5.82 Å². The lowest BCUT2D eigenvalue weighted by Gasteiger charge is -2.09. The molecule has 0 atom stereocenters. The van der Waals surface area contributed by atoms with Gasteiger partial charge in [0.1, 0.15) is 5.56 Å². The molecule has 106 valence electrons. The van der Waals surface area contributed by atoms with E-state index in [4.69, 9.17) is 5.11 Å². The summed E-state index contributed by atoms with van der Waals surface area (Å²) in [7, 11) is 0. The Bertz CT molecular complexity index is 679. The summed E-state index contributed by atoms with van der Waals surface area (Å²) < 4.78 is 51.7. The number of carboxylic acids is 1. The lowest BCUT2D eigenvalue weighted by atomic mass is 10.2. The summed E-state index contributed by atoms with van der Waals surface area (Å²) in [4.78, 5) is 14.2. The van der Waals surface area contributed by atoms with Gasteiger partial charge < -0.3 is 5.11 Å². The van der Waals surface area contributed by atoms with Crippen LogP contribution in [0.25, 0.3) is 5.82 Å². The Balaban J connectivity index is 2.52. The van der Waals surface area contributed by atoms with Crippen molar-refractivity contribution in [2.24, 2.45) is 0 Å². The number of pyridine rings is 1. The van der Waals surface area contributed by atoms with Crippen molar-refractivity contribution in [3.05, 3.63) is 41.1 Å². The number of alkyl halides is 3. The van der Waals surface area contributed by atoms with Crippen LogP contribution in [0.1, 0.15) is 21.6 Å². The average molecular weight is 289 g/mol. The van der Waals surface area contributed by atoms with E-state index in [9.17, 15) is 22.4 Å². The molecular weight excluding hydrogens is 282 g/mol. The van der Waals surface area contributed by atoms with Crippen LogP contribution in [0.2, 0.25) is 0 Å². The summed E-state index contributed by atoms with van der Waals surface area (Å²) >= 11 is 0. The Labute approximate surface area is 109 Å². The summed E-state index contributed by atoms with van der Waals surface area (Å²) in [5, 5.41) is 12.4. The van der Waals surface area contributed by atoms with E-state index in [2.05, 4.69) is 10.1 Å². The van der Waals surface area contributed by atoms with Gasteiger partial charge in [-0.3, -0.25) is 0 Å². The van der Waals surface area contributed by atoms with Gasteiger partial charge >= 0.3 is 12.1 Å². The second kappa shape index (κ2) is 4.58. The molecule has 0 aromatic carbocycles. The van der Waals surface area contributed by atoms with Gasteiger partial charge in [-0.25, -0.2) is 18.9 Å². The van der Waals surface area contributed by atoms with E-state index in [-0.39, 0.29) is 17.3 Å². The number of aromatic nitrogens is 3. The van der Waals surface area contributed by atoms with E-state index in [0.717, 1.165) is 10.9 Å². The maximum atomic E-state index is 13.7. The normalized spacial score (nSPS) is 11.7. The van der Waals surface area contributed by atoms with Gasteiger partial charge in [0.15, 0.2) is 11.6 Å². The molecular formula is C11H7F4N3O2. The average Bonchev–Trinajstić information content (AvgIpc) is 2.70. The number of halogens is 4. The molecule has 0 aliphatic rings. The molecule has 0 bridgehead atoms. The zero-order valence-corrected chi connectivity index (χ0v) is 9.94. The number of carbonyl (C=O) groups is 1. The first-order valence-corrected chi connectivity index (χ1v) is 5.23. The Morgan fingerprint density at radius 1 is 1.35 bits per heavy atom. The van der Waals surface area contributed by atoms with Gasteiger partial charge in [-0.2, -0.15) is 18.3 Å². The van der Waals surface area contributed by atoms with E-state index in [1.165, 1.54) is 6.92 Å². The van der Waals surface area contributed by atoms with Gasteiger partial charge in [-0.05, 0) is 13.0 Å². The molecule has 0 fully saturated rings. The van der Waals surface area contributed by atoms with E-state index >= 15 is 0 Å². The van der Waals surface area contributed by atoms with E-state index < -0.39 is 29.3 Å². The molecule has 2 aromatic heterocycles. The minimum atomic E-state index is -4.71. The van der Waals surface area contributed by atoms with Crippen molar-refractivity contribution in [2.75, 3.05) is 0 Å². The number of hydrogen-bond donors (Lipinski definition) is 1. The Kier molecular flexibility index (Phi) is 3.20. The third kappa shape index (κ3) is 2.33. The van der Waals surface area contributed by atoms with Crippen LogP contribution in [0.3, 0.4) is 0 Å². The summed E-state index contributed by atoms with van der Waals surface area (Å²) in [6.07, 6.45) is -3.28. The fourth-order valence-corrected chi connectivity index (χ4v) is 1.57. The molecule has 1 N–H and O–H groups in total. The predicted octanol–water partition coefficient (Wildman–Crippen LogP) is 2.43. The minimum absolute atomic E-state index is 0.0589. The molecule has 5 nitrogen and oxygen atoms in total. The molecule has 0 amide bonds. The summed E-state index contributed by atoms with van der Waals surface area (Å²) in [5.74, 6) is -3.02. The van der Waals surface area contributed by atoms with Crippen LogP contribution in [-0.4, -0.2) is 25.8 Å². The zero-order chi connectivity index (χ0) is 15.1. The molecule has 0 saturated heterocycles. The van der Waals surface area contributed by atoms with Gasteiger partial charge in [0.05, 0.1) is 17.5 Å². The first kappa shape index (κ1) is 14.0. The summed E-state index contributed by atoms with van der Waals surface area (Å²) in [6.45, 7) is 1.34. The highest BCUT2D eigenvalue weighted by atomic mass is 19.4. The fraction of sp³-hybridized carbons (Fsp3) is 0.182. The molecule has 0 aliphatic carbocycles. The highest BCUT2D eigenvalue weighted by molar-refractivity contribution is 5.88. The number of rotatable bonds is 2. The zero-order valence-electron chi connectivity index (χ0n) is 9.94. The maximum Gasteiger partial charge on any atom is 0.417 e. The molecule has 2 aromatic rings. The van der Waals surface area contributed by atoms with Crippen LogP contribution in [0, 0.1) is 12.7 Å². The highest BCUT2D eigenvalue weighted by Crippen LogP contribution is 2.30. The first-order chi connectivity index (χ1) is 9.21. The van der Waals surface area contributed by atoms with Gasteiger partial charge in [0, 0.05) is 6.20 Å². The SMILES string of the molecule is Cc1c(C(=O)O)cnn1-c1ncc(C(F)(F)F)cc1F. The van der Waals surface area contributed by atoms with Crippen LogP contribution in [0.15, 0.2) is 18.5 Å². The molecule has 0 saturated carbocycles. The topological polar surface area (TPSA) is 68.0 Å². The van der Waals surface area contributed by atoms with E-state index in [1.54, 1.807) is 0 Å². The third-order valence-corrected chi connectivity index (χ3v) is 2.59. The van der Waals surface area contributed by atoms with Crippen molar-refractivity contribution in [2.45, 2.75) is 13.1 Å². The number of aromatic carboxylic acids is 1. The molecule has 9 heteroatoms. The van der Waals surface area contributed by atoms with E-state index in [0.29, 0.717) is 6.20 Å². The quantitative estimate of drug-likeness (QED) is 0.862. The third-order valence-electron chi connectivity index (χ3n) is 2.59. The molecule has 0 radical (unpaired) electrons. The lowest BCUT2D eigenvalue weighted by Crippen LogP contribution is -2.11. The van der Waals surface area contributed by atoms with Crippen LogP contribution < -0.4 is 0 Å². The molecule has 2 rings (SSSR count). The highest BCUT2D eigenvalue weighted by Gasteiger charge is 2.32. The molecule has 0 spiro atoms. The van der Waals surface area contributed by atoms with Gasteiger partial charge in [0.25, 0.3) is 0 Å². The monoisotopic (exact) mass is 289 g/mol. The summed E-state index contributed by atoms with van der Waals surface area (Å²) in [5.41, 5.74) is -1.36. The predicted molar refractivity (Wildman–Crippen MR) is 58.0 cm³/mol.